The van der Waals surface area contributed by atoms with Crippen LogP contribution in [0, 0.1) is 0 Å². The van der Waals surface area contributed by atoms with Gasteiger partial charge in [-0.2, -0.15) is 10.3 Å². The lowest BCUT2D eigenvalue weighted by Gasteiger charge is -2.34. The molecule has 1 aliphatic heterocycles. The number of hydrazone groups is 1. The second kappa shape index (κ2) is 5.76. The lowest BCUT2D eigenvalue weighted by atomic mass is 10.2. The molecule has 0 saturated heterocycles. The highest BCUT2D eigenvalue weighted by Crippen LogP contribution is 2.19. The van der Waals surface area contributed by atoms with E-state index in [0.29, 0.717) is 18.5 Å². The Balaban J connectivity index is 1.73. The summed E-state index contributed by atoms with van der Waals surface area (Å²) in [6, 6.07) is 19.9. The van der Waals surface area contributed by atoms with Gasteiger partial charge in [-0.1, -0.05) is 53.6 Å². The number of anilines is 2. The fourth-order valence-corrected chi connectivity index (χ4v) is 2.31. The molecular formula is C15H14N8. The average Bonchev–Trinajstić information content (AvgIpc) is 3.18. The molecule has 0 radical (unpaired) electrons. The maximum atomic E-state index is 4.69. The molecule has 0 saturated carbocycles. The third-order valence-electron chi connectivity index (χ3n) is 3.41. The zero-order valence-corrected chi connectivity index (χ0v) is 12.2. The minimum absolute atomic E-state index is 0.453. The molecule has 0 aliphatic carbocycles. The van der Waals surface area contributed by atoms with E-state index in [0.717, 1.165) is 11.3 Å². The Kier molecular flexibility index (Phi) is 3.32. The van der Waals surface area contributed by atoms with Crippen molar-refractivity contribution in [3.8, 4) is 0 Å². The summed E-state index contributed by atoms with van der Waals surface area (Å²) >= 11 is 0. The fourth-order valence-electron chi connectivity index (χ4n) is 2.31. The van der Waals surface area contributed by atoms with E-state index in [1.165, 1.54) is 0 Å². The van der Waals surface area contributed by atoms with Gasteiger partial charge in [-0.25, -0.2) is 10.0 Å². The van der Waals surface area contributed by atoms with Crippen molar-refractivity contribution in [3.63, 3.8) is 0 Å². The smallest absolute Gasteiger partial charge is 0.275 e. The van der Waals surface area contributed by atoms with Crippen LogP contribution >= 0.6 is 0 Å². The van der Waals surface area contributed by atoms with Crippen LogP contribution in [0.15, 0.2) is 65.8 Å². The summed E-state index contributed by atoms with van der Waals surface area (Å²) in [4.78, 5) is 0. The van der Waals surface area contributed by atoms with Gasteiger partial charge in [0, 0.05) is 5.56 Å². The van der Waals surface area contributed by atoms with Crippen molar-refractivity contribution in [2.45, 2.75) is 0 Å². The highest BCUT2D eigenvalue weighted by atomic mass is 15.7. The zero-order chi connectivity index (χ0) is 15.5. The summed E-state index contributed by atoms with van der Waals surface area (Å²) in [6.45, 7) is 0.458. The molecule has 23 heavy (non-hydrogen) atoms. The van der Waals surface area contributed by atoms with Crippen LogP contribution in [0.3, 0.4) is 0 Å². The first-order valence-corrected chi connectivity index (χ1v) is 7.14. The fraction of sp³-hybridized carbons (Fsp3) is 0.0667. The first-order chi connectivity index (χ1) is 11.4. The van der Waals surface area contributed by atoms with Gasteiger partial charge in [-0.15, -0.1) is 5.10 Å². The van der Waals surface area contributed by atoms with Crippen LogP contribution in [0.25, 0.3) is 0 Å². The van der Waals surface area contributed by atoms with Crippen LogP contribution < -0.4 is 15.4 Å². The Morgan fingerprint density at radius 2 is 1.65 bits per heavy atom. The molecule has 1 aliphatic rings. The summed E-state index contributed by atoms with van der Waals surface area (Å²) in [5.41, 5.74) is 5.18. The number of tetrazole rings is 1. The molecule has 4 rings (SSSR count). The van der Waals surface area contributed by atoms with Crippen molar-refractivity contribution < 1.29 is 0 Å². The third kappa shape index (κ3) is 2.69. The van der Waals surface area contributed by atoms with Crippen LogP contribution in [0.4, 0.5) is 11.6 Å². The maximum absolute atomic E-state index is 4.69. The van der Waals surface area contributed by atoms with E-state index >= 15 is 0 Å². The molecule has 0 fully saturated rings. The van der Waals surface area contributed by atoms with Crippen molar-refractivity contribution in [2.24, 2.45) is 5.10 Å². The Bertz CT molecular complexity index is 785. The molecule has 2 aromatic carbocycles. The molecule has 0 amide bonds. The van der Waals surface area contributed by atoms with Crippen LogP contribution in [0.2, 0.25) is 0 Å². The maximum Gasteiger partial charge on any atom is 0.285 e. The molecule has 1 aromatic heterocycles. The number of hydrazine groups is 1. The second-order valence-electron chi connectivity index (χ2n) is 4.94. The molecule has 3 aromatic rings. The van der Waals surface area contributed by atoms with Crippen molar-refractivity contribution in [1.29, 1.82) is 0 Å². The number of nitrogens with zero attached hydrogens (tertiary/aromatic N) is 6. The number of para-hydroxylation sites is 1. The average molecular weight is 306 g/mol. The summed E-state index contributed by atoms with van der Waals surface area (Å²) in [5, 5.41) is 22.5. The number of rotatable bonds is 3. The van der Waals surface area contributed by atoms with Crippen molar-refractivity contribution >= 4 is 17.5 Å². The monoisotopic (exact) mass is 306 g/mol. The van der Waals surface area contributed by atoms with Gasteiger partial charge in [0.2, 0.25) is 0 Å². The molecule has 0 bridgehead atoms. The minimum atomic E-state index is 0.453. The molecule has 114 valence electrons. The van der Waals surface area contributed by atoms with Gasteiger partial charge >= 0.3 is 0 Å². The highest BCUT2D eigenvalue weighted by Gasteiger charge is 2.23. The lowest BCUT2D eigenvalue weighted by molar-refractivity contribution is 0.660. The van der Waals surface area contributed by atoms with E-state index in [4.69, 9.17) is 5.10 Å². The second-order valence-corrected chi connectivity index (χ2v) is 4.94. The van der Waals surface area contributed by atoms with Crippen LogP contribution in [-0.4, -0.2) is 33.1 Å². The van der Waals surface area contributed by atoms with Crippen molar-refractivity contribution in [2.75, 3.05) is 16.7 Å². The third-order valence-corrected chi connectivity index (χ3v) is 3.41. The lowest BCUT2D eigenvalue weighted by Crippen LogP contribution is -2.53. The molecule has 0 unspecified atom stereocenters. The normalized spacial score (nSPS) is 14.3. The molecule has 2 heterocycles. The topological polar surface area (TPSA) is 85.3 Å². The molecule has 0 spiro atoms. The summed E-state index contributed by atoms with van der Waals surface area (Å²) in [6.07, 6.45) is 0. The number of benzene rings is 2. The van der Waals surface area contributed by atoms with Gasteiger partial charge in [0.15, 0.2) is 5.84 Å². The van der Waals surface area contributed by atoms with Crippen molar-refractivity contribution in [3.05, 3.63) is 66.2 Å². The summed E-state index contributed by atoms with van der Waals surface area (Å²) in [7, 11) is 0. The van der Waals surface area contributed by atoms with Gasteiger partial charge in [0.05, 0.1) is 5.69 Å². The standard InChI is InChI=1S/C15H14N8/c1-3-7-12(8-4-1)14-18-22(13-9-5-2-6-10-13)11-23(19-14)15-16-20-21-17-15/h1-10H,11H2,(H,18,19)(H,16,17,20,21). The Morgan fingerprint density at radius 3 is 2.35 bits per heavy atom. The molecular weight excluding hydrogens is 292 g/mol. The zero-order valence-electron chi connectivity index (χ0n) is 12.2. The van der Waals surface area contributed by atoms with E-state index in [-0.39, 0.29) is 0 Å². The van der Waals surface area contributed by atoms with Gasteiger partial charge in [-0.05, 0) is 17.3 Å². The number of amidine groups is 1. The number of nitrogens with one attached hydrogen (secondary N) is 2. The Hall–Kier alpha value is -3.42. The van der Waals surface area contributed by atoms with Gasteiger partial charge in [-0.3, -0.25) is 5.43 Å². The number of hydrogen-bond donors (Lipinski definition) is 2. The molecule has 0 atom stereocenters. The molecule has 8 heteroatoms. The first-order valence-electron chi connectivity index (χ1n) is 7.14. The predicted molar refractivity (Wildman–Crippen MR) is 86.6 cm³/mol. The van der Waals surface area contributed by atoms with E-state index < -0.39 is 0 Å². The van der Waals surface area contributed by atoms with Gasteiger partial charge < -0.3 is 0 Å². The predicted octanol–water partition coefficient (Wildman–Crippen LogP) is 1.35. The number of aromatic amines is 1. The van der Waals surface area contributed by atoms with Crippen molar-refractivity contribution in [1.82, 2.24) is 26.0 Å². The number of H-pyrrole nitrogens is 1. The van der Waals surface area contributed by atoms with E-state index in [1.807, 2.05) is 65.7 Å². The van der Waals surface area contributed by atoms with E-state index in [9.17, 15) is 0 Å². The highest BCUT2D eigenvalue weighted by molar-refractivity contribution is 6.00. The van der Waals surface area contributed by atoms with Crippen LogP contribution in [-0.2, 0) is 0 Å². The number of hydrogen-bond acceptors (Lipinski definition) is 7. The largest absolute Gasteiger partial charge is 0.285 e. The van der Waals surface area contributed by atoms with E-state index in [1.54, 1.807) is 5.01 Å². The summed E-state index contributed by atoms with van der Waals surface area (Å²) < 4.78 is 0. The Morgan fingerprint density at radius 1 is 0.913 bits per heavy atom. The van der Waals surface area contributed by atoms with Gasteiger partial charge in [0.1, 0.15) is 6.67 Å². The Labute approximate surface area is 132 Å². The summed E-state index contributed by atoms with van der Waals surface area (Å²) in [5.74, 6) is 1.17. The van der Waals surface area contributed by atoms with Crippen LogP contribution in [0.1, 0.15) is 5.56 Å². The molecule has 8 nitrogen and oxygen atoms in total. The van der Waals surface area contributed by atoms with Crippen LogP contribution in [0.5, 0.6) is 0 Å². The minimum Gasteiger partial charge on any atom is -0.275 e. The van der Waals surface area contributed by atoms with E-state index in [2.05, 4.69) is 26.0 Å². The quantitative estimate of drug-likeness (QED) is 0.760. The number of aromatic nitrogens is 4. The van der Waals surface area contributed by atoms with Gasteiger partial charge in [0.25, 0.3) is 5.95 Å². The molecule has 2 N–H and O–H groups in total. The first kappa shape index (κ1) is 13.3. The SMILES string of the molecule is c1ccc(C2=NN(c3ccccc3)CN(c3nn[nH]n3)N2)cc1.